The number of benzene rings is 2. The van der Waals surface area contributed by atoms with Crippen LogP contribution >= 0.6 is 0 Å². The van der Waals surface area contributed by atoms with E-state index >= 15 is 0 Å². The van der Waals surface area contributed by atoms with E-state index in [4.69, 9.17) is 0 Å². The Balaban J connectivity index is 1.63. The molecule has 2 saturated heterocycles. The minimum atomic E-state index is -1.19. The molecule has 35 heavy (non-hydrogen) atoms. The average molecular weight is 469 g/mol. The predicted molar refractivity (Wildman–Crippen MR) is 129 cm³/mol. The number of nitro groups is 1. The maximum atomic E-state index is 14.3. The summed E-state index contributed by atoms with van der Waals surface area (Å²) in [7, 11) is 0. The van der Waals surface area contributed by atoms with Crippen molar-refractivity contribution in [3.05, 3.63) is 99.4 Å². The van der Waals surface area contributed by atoms with Crippen LogP contribution in [0, 0.1) is 23.0 Å². The molecule has 4 atom stereocenters. The normalized spacial score (nSPS) is 27.0. The summed E-state index contributed by atoms with van der Waals surface area (Å²) < 4.78 is 0. The lowest BCUT2D eigenvalue weighted by Crippen LogP contribution is -2.52. The number of rotatable bonds is 4. The van der Waals surface area contributed by atoms with Crippen molar-refractivity contribution in [3.63, 3.8) is 0 Å². The van der Waals surface area contributed by atoms with Crippen molar-refractivity contribution in [1.29, 1.82) is 0 Å². The van der Waals surface area contributed by atoms with Gasteiger partial charge in [0.1, 0.15) is 5.54 Å². The molecule has 2 fully saturated rings. The Morgan fingerprint density at radius 1 is 1.20 bits per heavy atom. The number of carbonyl (C=O) groups is 2. The van der Waals surface area contributed by atoms with Crippen molar-refractivity contribution in [1.82, 2.24) is 9.88 Å². The van der Waals surface area contributed by atoms with Crippen molar-refractivity contribution in [3.8, 4) is 0 Å². The molecule has 6 rings (SSSR count). The Labute approximate surface area is 202 Å². The smallest absolute Gasteiger partial charge is 0.269 e. The largest absolute Gasteiger partial charge is 0.324 e. The highest BCUT2D eigenvalue weighted by Crippen LogP contribution is 2.61. The summed E-state index contributed by atoms with van der Waals surface area (Å²) in [5.74, 6) is -1.53. The molecule has 1 aromatic heterocycles. The van der Waals surface area contributed by atoms with Gasteiger partial charge in [-0.3, -0.25) is 29.6 Å². The summed E-state index contributed by atoms with van der Waals surface area (Å²) in [5, 5.41) is 14.6. The molecule has 3 aliphatic rings. The molecule has 176 valence electrons. The first-order chi connectivity index (χ1) is 16.9. The maximum absolute atomic E-state index is 14.3. The molecule has 0 aliphatic carbocycles. The van der Waals surface area contributed by atoms with Crippen LogP contribution in [0.25, 0.3) is 0 Å². The van der Waals surface area contributed by atoms with Crippen LogP contribution in [0.1, 0.15) is 45.8 Å². The van der Waals surface area contributed by atoms with Gasteiger partial charge in [-0.1, -0.05) is 29.8 Å². The number of carbonyl (C=O) groups excluding carboxylic acids is 2. The van der Waals surface area contributed by atoms with Gasteiger partial charge in [-0.05, 0) is 50.1 Å². The van der Waals surface area contributed by atoms with Gasteiger partial charge in [0.05, 0.1) is 10.8 Å². The van der Waals surface area contributed by atoms with Crippen LogP contribution in [-0.2, 0) is 10.3 Å². The highest BCUT2D eigenvalue weighted by atomic mass is 16.6. The number of fused-ring (bicyclic) bond motifs is 4. The third kappa shape index (κ3) is 2.99. The highest BCUT2D eigenvalue weighted by Gasteiger charge is 2.69. The van der Waals surface area contributed by atoms with Gasteiger partial charge in [0.2, 0.25) is 5.91 Å². The van der Waals surface area contributed by atoms with E-state index in [1.807, 2.05) is 31.2 Å². The SMILES string of the molecule is Cc1ccc2c(c1)[C@]1(C(=O)N2)C(C(=O)c2cccnc2)C(c2cccc([N+](=O)[O-])c2)C2CCCN21. The quantitative estimate of drug-likeness (QED) is 0.349. The fourth-order valence-electron chi connectivity index (χ4n) is 6.58. The zero-order chi connectivity index (χ0) is 24.3. The van der Waals surface area contributed by atoms with Crippen molar-refractivity contribution in [2.45, 2.75) is 37.3 Å². The number of nitro benzene ring substituents is 1. The van der Waals surface area contributed by atoms with Gasteiger partial charge >= 0.3 is 0 Å². The fourth-order valence-corrected chi connectivity index (χ4v) is 6.58. The summed E-state index contributed by atoms with van der Waals surface area (Å²) in [6.45, 7) is 2.65. The Kier molecular flexibility index (Phi) is 4.82. The van der Waals surface area contributed by atoms with Crippen LogP contribution in [0.3, 0.4) is 0 Å². The number of anilines is 1. The number of amides is 1. The van der Waals surface area contributed by atoms with Gasteiger partial charge < -0.3 is 5.32 Å². The number of aryl methyl sites for hydroxylation is 1. The summed E-state index contributed by atoms with van der Waals surface area (Å²) in [6.07, 6.45) is 4.84. The van der Waals surface area contributed by atoms with E-state index in [0.717, 1.165) is 29.7 Å². The lowest BCUT2D eigenvalue weighted by molar-refractivity contribution is -0.384. The molecule has 0 bridgehead atoms. The van der Waals surface area contributed by atoms with Crippen molar-refractivity contribution < 1.29 is 14.5 Å². The summed E-state index contributed by atoms with van der Waals surface area (Å²) in [6, 6.07) is 15.7. The van der Waals surface area contributed by atoms with Crippen LogP contribution in [0.5, 0.6) is 0 Å². The first-order valence-electron chi connectivity index (χ1n) is 11.8. The van der Waals surface area contributed by atoms with Crippen LogP contribution in [0.2, 0.25) is 0 Å². The molecule has 2 aromatic carbocycles. The van der Waals surface area contributed by atoms with E-state index in [-0.39, 0.29) is 29.3 Å². The third-order valence-electron chi connectivity index (χ3n) is 7.85. The Morgan fingerprint density at radius 3 is 2.83 bits per heavy atom. The molecule has 1 amide bonds. The van der Waals surface area contributed by atoms with Gasteiger partial charge in [-0.15, -0.1) is 0 Å². The van der Waals surface area contributed by atoms with E-state index in [2.05, 4.69) is 15.2 Å². The van der Waals surface area contributed by atoms with E-state index in [1.165, 1.54) is 12.3 Å². The first kappa shape index (κ1) is 21.6. The van der Waals surface area contributed by atoms with Crippen LogP contribution in [-0.4, -0.2) is 39.1 Å². The standard InChI is InChI=1S/C27H24N4O4/c1-16-9-10-21-20(13-16)27(26(33)29-21)24(25(32)18-6-3-11-28-15-18)23(22-8-4-12-30(22)27)17-5-2-7-19(14-17)31(34)35/h2-3,5-7,9-11,13-15,22-24H,4,8,12H2,1H3,(H,29,33)/t22?,23?,24?,27-/m1/s1. The molecule has 0 saturated carbocycles. The van der Waals surface area contributed by atoms with E-state index < -0.39 is 16.4 Å². The van der Waals surface area contributed by atoms with Gasteiger partial charge in [0.25, 0.3) is 5.69 Å². The third-order valence-corrected chi connectivity index (χ3v) is 7.85. The Morgan fingerprint density at radius 2 is 2.06 bits per heavy atom. The molecular formula is C27H24N4O4. The number of nitrogens with zero attached hydrogens (tertiary/aromatic N) is 3. The molecule has 0 radical (unpaired) electrons. The van der Waals surface area contributed by atoms with Crippen molar-refractivity contribution in [2.24, 2.45) is 5.92 Å². The van der Waals surface area contributed by atoms with Gasteiger partial charge in [0.15, 0.2) is 5.78 Å². The Bertz CT molecular complexity index is 1370. The fraction of sp³-hybridized carbons (Fsp3) is 0.296. The first-order valence-corrected chi connectivity index (χ1v) is 11.8. The van der Waals surface area contributed by atoms with Gasteiger partial charge in [0, 0.05) is 53.3 Å². The van der Waals surface area contributed by atoms with Gasteiger partial charge in [-0.2, -0.15) is 0 Å². The van der Waals surface area contributed by atoms with Crippen LogP contribution in [0.15, 0.2) is 67.0 Å². The van der Waals surface area contributed by atoms with E-state index in [9.17, 15) is 19.7 Å². The average Bonchev–Trinajstić information content (AvgIpc) is 3.52. The monoisotopic (exact) mass is 468 g/mol. The molecule has 1 spiro atoms. The Hall–Kier alpha value is -3.91. The second kappa shape index (κ2) is 7.81. The number of hydrogen-bond acceptors (Lipinski definition) is 6. The number of pyridine rings is 1. The second-order valence-corrected chi connectivity index (χ2v) is 9.63. The molecule has 8 heteroatoms. The van der Waals surface area contributed by atoms with Crippen LogP contribution < -0.4 is 5.32 Å². The van der Waals surface area contributed by atoms with E-state index in [0.29, 0.717) is 17.7 Å². The molecule has 3 aliphatic heterocycles. The number of nitrogens with one attached hydrogen (secondary N) is 1. The lowest BCUT2D eigenvalue weighted by Gasteiger charge is -2.37. The summed E-state index contributed by atoms with van der Waals surface area (Å²) in [4.78, 5) is 45.8. The molecule has 3 aromatic rings. The minimum absolute atomic E-state index is 0.0207. The second-order valence-electron chi connectivity index (χ2n) is 9.63. The maximum Gasteiger partial charge on any atom is 0.269 e. The summed E-state index contributed by atoms with van der Waals surface area (Å²) in [5.41, 5.74) is 2.46. The molecular weight excluding hydrogens is 444 g/mol. The predicted octanol–water partition coefficient (Wildman–Crippen LogP) is 4.21. The topological polar surface area (TPSA) is 105 Å². The molecule has 4 heterocycles. The number of hydrogen-bond donors (Lipinski definition) is 1. The molecule has 3 unspecified atom stereocenters. The number of Topliss-reactive ketones (excluding diaryl/α,β-unsaturated/α-hetero) is 1. The van der Waals surface area contributed by atoms with E-state index in [1.54, 1.807) is 30.5 Å². The highest BCUT2D eigenvalue weighted by molar-refractivity contribution is 6.12. The van der Waals surface area contributed by atoms with Crippen LogP contribution in [0.4, 0.5) is 11.4 Å². The lowest BCUT2D eigenvalue weighted by atomic mass is 9.68. The molecule has 1 N–H and O–H groups in total. The van der Waals surface area contributed by atoms with Gasteiger partial charge in [-0.25, -0.2) is 0 Å². The van der Waals surface area contributed by atoms with Crippen molar-refractivity contribution in [2.75, 3.05) is 11.9 Å². The number of non-ortho nitro benzene ring substituents is 1. The van der Waals surface area contributed by atoms with Crippen molar-refractivity contribution >= 4 is 23.1 Å². The zero-order valence-corrected chi connectivity index (χ0v) is 19.2. The molecule has 8 nitrogen and oxygen atoms in total. The minimum Gasteiger partial charge on any atom is -0.324 e. The summed E-state index contributed by atoms with van der Waals surface area (Å²) >= 11 is 0. The number of aromatic nitrogens is 1. The zero-order valence-electron chi connectivity index (χ0n) is 19.2. The number of ketones is 1.